The van der Waals surface area contributed by atoms with E-state index in [1.807, 2.05) is 37.3 Å². The van der Waals surface area contributed by atoms with Gasteiger partial charge in [-0.2, -0.15) is 0 Å². The highest BCUT2D eigenvalue weighted by atomic mass is 16.5. The SMILES string of the molecule is CCOc1ccc(NC(=O)c2cnc(N3CCCc4ccccc43)nc2)cc1. The number of benzene rings is 2. The molecule has 6 nitrogen and oxygen atoms in total. The van der Waals surface area contributed by atoms with Gasteiger partial charge in [0.25, 0.3) is 5.91 Å². The minimum Gasteiger partial charge on any atom is -0.494 e. The van der Waals surface area contributed by atoms with Crippen LogP contribution in [0.4, 0.5) is 17.3 Å². The third-order valence-corrected chi connectivity index (χ3v) is 4.68. The Kier molecular flexibility index (Phi) is 5.19. The molecular formula is C22H22N4O2. The molecule has 3 aromatic rings. The minimum absolute atomic E-state index is 0.241. The molecule has 0 bridgehead atoms. The van der Waals surface area contributed by atoms with Gasteiger partial charge in [0.2, 0.25) is 5.95 Å². The first-order valence-electron chi connectivity index (χ1n) is 9.46. The standard InChI is InChI=1S/C22H22N4O2/c1-2-28-19-11-9-18(10-12-19)25-21(27)17-14-23-22(24-15-17)26-13-5-7-16-6-3-4-8-20(16)26/h3-4,6,8-12,14-15H,2,5,7,13H2,1H3,(H,25,27). The van der Waals surface area contributed by atoms with Crippen molar-refractivity contribution in [2.45, 2.75) is 19.8 Å². The molecule has 142 valence electrons. The Hall–Kier alpha value is -3.41. The summed E-state index contributed by atoms with van der Waals surface area (Å²) in [6, 6.07) is 15.6. The van der Waals surface area contributed by atoms with E-state index in [2.05, 4.69) is 38.4 Å². The fourth-order valence-corrected chi connectivity index (χ4v) is 3.32. The Bertz CT molecular complexity index is 955. The number of amides is 1. The maximum Gasteiger partial charge on any atom is 0.258 e. The van der Waals surface area contributed by atoms with E-state index in [9.17, 15) is 4.79 Å². The van der Waals surface area contributed by atoms with Crippen LogP contribution in [-0.4, -0.2) is 29.0 Å². The molecule has 2 aromatic carbocycles. The molecule has 6 heteroatoms. The number of nitrogens with one attached hydrogen (secondary N) is 1. The Morgan fingerprint density at radius 3 is 2.61 bits per heavy atom. The predicted octanol–water partition coefficient (Wildman–Crippen LogP) is 4.21. The first-order valence-corrected chi connectivity index (χ1v) is 9.46. The number of aromatic nitrogens is 2. The second-order valence-corrected chi connectivity index (χ2v) is 6.57. The van der Waals surface area contributed by atoms with E-state index < -0.39 is 0 Å². The zero-order chi connectivity index (χ0) is 19.3. The third-order valence-electron chi connectivity index (χ3n) is 4.68. The summed E-state index contributed by atoms with van der Waals surface area (Å²) < 4.78 is 5.41. The Balaban J connectivity index is 1.47. The van der Waals surface area contributed by atoms with Crippen LogP contribution in [0.1, 0.15) is 29.3 Å². The van der Waals surface area contributed by atoms with Crippen molar-refractivity contribution in [1.29, 1.82) is 0 Å². The van der Waals surface area contributed by atoms with Crippen LogP contribution >= 0.6 is 0 Å². The van der Waals surface area contributed by atoms with E-state index in [0.717, 1.165) is 30.8 Å². The number of ether oxygens (including phenoxy) is 1. The summed E-state index contributed by atoms with van der Waals surface area (Å²) in [5, 5.41) is 2.85. The van der Waals surface area contributed by atoms with E-state index in [-0.39, 0.29) is 5.91 Å². The fourth-order valence-electron chi connectivity index (χ4n) is 3.32. The van der Waals surface area contributed by atoms with Crippen molar-refractivity contribution in [2.75, 3.05) is 23.4 Å². The second kappa shape index (κ2) is 8.08. The van der Waals surface area contributed by atoms with Crippen molar-refractivity contribution in [1.82, 2.24) is 9.97 Å². The second-order valence-electron chi connectivity index (χ2n) is 6.57. The summed E-state index contributed by atoms with van der Waals surface area (Å²) in [7, 11) is 0. The topological polar surface area (TPSA) is 67.3 Å². The average Bonchev–Trinajstić information content (AvgIpc) is 2.75. The molecule has 0 atom stereocenters. The average molecular weight is 374 g/mol. The number of hydrogen-bond acceptors (Lipinski definition) is 5. The zero-order valence-electron chi connectivity index (χ0n) is 15.8. The first kappa shape index (κ1) is 18.0. The van der Waals surface area contributed by atoms with Crippen LogP contribution in [0.5, 0.6) is 5.75 Å². The van der Waals surface area contributed by atoms with Gasteiger partial charge >= 0.3 is 0 Å². The van der Waals surface area contributed by atoms with E-state index in [1.54, 1.807) is 12.4 Å². The largest absolute Gasteiger partial charge is 0.494 e. The van der Waals surface area contributed by atoms with Gasteiger partial charge in [-0.3, -0.25) is 4.79 Å². The van der Waals surface area contributed by atoms with Crippen LogP contribution in [-0.2, 0) is 6.42 Å². The van der Waals surface area contributed by atoms with Crippen molar-refractivity contribution in [3.8, 4) is 5.75 Å². The summed E-state index contributed by atoms with van der Waals surface area (Å²) in [5.74, 6) is 1.15. The number of carbonyl (C=O) groups excluding carboxylic acids is 1. The number of carbonyl (C=O) groups is 1. The van der Waals surface area contributed by atoms with Crippen LogP contribution in [0.15, 0.2) is 60.9 Å². The van der Waals surface area contributed by atoms with Gasteiger partial charge in [0.1, 0.15) is 5.75 Å². The smallest absolute Gasteiger partial charge is 0.258 e. The quantitative estimate of drug-likeness (QED) is 0.724. The molecule has 1 amide bonds. The van der Waals surface area contributed by atoms with Gasteiger partial charge < -0.3 is 15.0 Å². The van der Waals surface area contributed by atoms with Gasteiger partial charge in [0.15, 0.2) is 0 Å². The summed E-state index contributed by atoms with van der Waals surface area (Å²) in [4.78, 5) is 23.5. The van der Waals surface area contributed by atoms with Gasteiger partial charge in [-0.15, -0.1) is 0 Å². The van der Waals surface area contributed by atoms with Crippen LogP contribution in [0.2, 0.25) is 0 Å². The van der Waals surface area contributed by atoms with E-state index >= 15 is 0 Å². The molecule has 0 radical (unpaired) electrons. The van der Waals surface area contributed by atoms with Crippen molar-refractivity contribution in [3.05, 3.63) is 72.1 Å². The molecule has 1 aromatic heterocycles. The number of para-hydroxylation sites is 1. The summed E-state index contributed by atoms with van der Waals surface area (Å²) in [5.41, 5.74) is 3.56. The first-order chi connectivity index (χ1) is 13.7. The van der Waals surface area contributed by atoms with Gasteiger partial charge in [-0.25, -0.2) is 9.97 Å². The molecule has 0 fully saturated rings. The van der Waals surface area contributed by atoms with Crippen LogP contribution in [0, 0.1) is 0 Å². The summed E-state index contributed by atoms with van der Waals surface area (Å²) in [6.07, 6.45) is 5.27. The Labute approximate surface area is 164 Å². The number of anilines is 3. The molecule has 4 rings (SSSR count). The molecule has 0 aliphatic carbocycles. The predicted molar refractivity (Wildman–Crippen MR) is 109 cm³/mol. The highest BCUT2D eigenvalue weighted by molar-refractivity contribution is 6.03. The lowest BCUT2D eigenvalue weighted by Crippen LogP contribution is -2.26. The van der Waals surface area contributed by atoms with Gasteiger partial charge in [-0.05, 0) is 55.7 Å². The van der Waals surface area contributed by atoms with Gasteiger partial charge in [0.05, 0.1) is 12.2 Å². The van der Waals surface area contributed by atoms with E-state index in [1.165, 1.54) is 5.56 Å². The lowest BCUT2D eigenvalue weighted by Gasteiger charge is -2.29. The molecule has 2 heterocycles. The van der Waals surface area contributed by atoms with Crippen LogP contribution < -0.4 is 15.0 Å². The third kappa shape index (κ3) is 3.81. The number of rotatable bonds is 5. The maximum atomic E-state index is 12.5. The highest BCUT2D eigenvalue weighted by Crippen LogP contribution is 2.31. The molecular weight excluding hydrogens is 352 g/mol. The fraction of sp³-hybridized carbons (Fsp3) is 0.227. The zero-order valence-corrected chi connectivity index (χ0v) is 15.8. The Morgan fingerprint density at radius 2 is 1.86 bits per heavy atom. The molecule has 0 saturated carbocycles. The number of hydrogen-bond donors (Lipinski definition) is 1. The van der Waals surface area contributed by atoms with Crippen molar-refractivity contribution in [3.63, 3.8) is 0 Å². The highest BCUT2D eigenvalue weighted by Gasteiger charge is 2.20. The van der Waals surface area contributed by atoms with Crippen molar-refractivity contribution in [2.24, 2.45) is 0 Å². The number of nitrogens with zero attached hydrogens (tertiary/aromatic N) is 3. The lowest BCUT2D eigenvalue weighted by atomic mass is 10.0. The normalized spacial score (nSPS) is 13.0. The van der Waals surface area contributed by atoms with Gasteiger partial charge in [0, 0.05) is 30.3 Å². The van der Waals surface area contributed by atoms with E-state index in [4.69, 9.17) is 4.74 Å². The molecule has 28 heavy (non-hydrogen) atoms. The van der Waals surface area contributed by atoms with Crippen molar-refractivity contribution < 1.29 is 9.53 Å². The molecule has 0 saturated heterocycles. The maximum absolute atomic E-state index is 12.5. The minimum atomic E-state index is -0.241. The van der Waals surface area contributed by atoms with Crippen LogP contribution in [0.25, 0.3) is 0 Å². The lowest BCUT2D eigenvalue weighted by molar-refractivity contribution is 0.102. The summed E-state index contributed by atoms with van der Waals surface area (Å²) >= 11 is 0. The Morgan fingerprint density at radius 1 is 1.11 bits per heavy atom. The number of fused-ring (bicyclic) bond motifs is 1. The summed E-state index contributed by atoms with van der Waals surface area (Å²) in [6.45, 7) is 3.41. The molecule has 1 aliphatic rings. The molecule has 1 N–H and O–H groups in total. The molecule has 0 unspecified atom stereocenters. The van der Waals surface area contributed by atoms with Gasteiger partial charge in [-0.1, -0.05) is 18.2 Å². The molecule has 0 spiro atoms. The monoisotopic (exact) mass is 374 g/mol. The van der Waals surface area contributed by atoms with Crippen LogP contribution in [0.3, 0.4) is 0 Å². The molecule has 1 aliphatic heterocycles. The van der Waals surface area contributed by atoms with Crippen molar-refractivity contribution >= 4 is 23.2 Å². The van der Waals surface area contributed by atoms with E-state index in [0.29, 0.717) is 23.8 Å². The number of aryl methyl sites for hydroxylation is 1.